The maximum Gasteiger partial charge on any atom is 0.233 e. The zero-order valence-electron chi connectivity index (χ0n) is 12.6. The third kappa shape index (κ3) is 3.49. The molecular formula is C14H20N6OS. The number of carbonyl (C=O) groups excluding carboxylic acids is 1. The van der Waals surface area contributed by atoms with Crippen molar-refractivity contribution in [3.05, 3.63) is 23.8 Å². The molecule has 1 aliphatic heterocycles. The van der Waals surface area contributed by atoms with E-state index in [2.05, 4.69) is 25.4 Å². The Labute approximate surface area is 133 Å². The van der Waals surface area contributed by atoms with Crippen LogP contribution in [-0.2, 0) is 11.2 Å². The lowest BCUT2D eigenvalue weighted by Crippen LogP contribution is -2.40. The molecule has 1 atom stereocenters. The van der Waals surface area contributed by atoms with Gasteiger partial charge in [-0.1, -0.05) is 18.7 Å². The molecule has 3 rings (SSSR count). The van der Waals surface area contributed by atoms with Crippen LogP contribution < -0.4 is 0 Å². The molecule has 3 heterocycles. The molecule has 0 unspecified atom stereocenters. The summed E-state index contributed by atoms with van der Waals surface area (Å²) in [6.07, 6.45) is 4.71. The van der Waals surface area contributed by atoms with Crippen molar-refractivity contribution in [1.29, 1.82) is 0 Å². The number of likely N-dealkylation sites (tertiary alicyclic amines) is 1. The number of aryl methyl sites for hydroxylation is 1. The molecule has 0 saturated carbocycles. The minimum atomic E-state index is 0.150. The summed E-state index contributed by atoms with van der Waals surface area (Å²) in [5, 5.41) is 14.6. The molecule has 118 valence electrons. The minimum absolute atomic E-state index is 0.150. The van der Waals surface area contributed by atoms with Crippen LogP contribution in [0.5, 0.6) is 0 Å². The Morgan fingerprint density at radius 2 is 2.41 bits per heavy atom. The fourth-order valence-corrected chi connectivity index (χ4v) is 3.39. The van der Waals surface area contributed by atoms with Gasteiger partial charge in [0.1, 0.15) is 5.82 Å². The first-order valence-corrected chi connectivity index (χ1v) is 8.56. The van der Waals surface area contributed by atoms with E-state index in [1.165, 1.54) is 11.8 Å². The Hall–Kier alpha value is -1.83. The number of piperidine rings is 1. The first-order chi connectivity index (χ1) is 10.8. The third-order valence-electron chi connectivity index (χ3n) is 3.91. The number of hydrogen-bond donors (Lipinski definition) is 2. The van der Waals surface area contributed by atoms with Crippen LogP contribution in [0, 0.1) is 0 Å². The fraction of sp³-hybridized carbons (Fsp3) is 0.571. The maximum atomic E-state index is 12.4. The van der Waals surface area contributed by atoms with Gasteiger partial charge in [0.25, 0.3) is 0 Å². The van der Waals surface area contributed by atoms with Crippen LogP contribution in [0.1, 0.15) is 37.2 Å². The molecule has 0 aliphatic carbocycles. The maximum absolute atomic E-state index is 12.4. The molecule has 7 nitrogen and oxygen atoms in total. The third-order valence-corrected chi connectivity index (χ3v) is 4.74. The summed E-state index contributed by atoms with van der Waals surface area (Å²) in [5.74, 6) is 1.75. The van der Waals surface area contributed by atoms with E-state index < -0.39 is 0 Å². The summed E-state index contributed by atoms with van der Waals surface area (Å²) >= 11 is 1.39. The number of aromatic amines is 2. The number of nitrogens with one attached hydrogen (secondary N) is 2. The fourth-order valence-electron chi connectivity index (χ4n) is 2.67. The molecule has 1 saturated heterocycles. The standard InChI is InChI=1S/C14H20N6OS/c1-2-12-16-14(19-18-12)22-9-13(21)20-7-3-4-10(8-20)11-5-6-15-17-11/h5-6,10H,2-4,7-9H2,1H3,(H,15,17)(H,16,18,19)/t10-/m0/s1. The normalized spacial score (nSPS) is 18.6. The van der Waals surface area contributed by atoms with Crippen LogP contribution in [-0.4, -0.2) is 55.0 Å². The highest BCUT2D eigenvalue weighted by Crippen LogP contribution is 2.26. The van der Waals surface area contributed by atoms with Gasteiger partial charge in [-0.3, -0.25) is 15.0 Å². The van der Waals surface area contributed by atoms with Crippen molar-refractivity contribution >= 4 is 17.7 Å². The monoisotopic (exact) mass is 320 g/mol. The van der Waals surface area contributed by atoms with Gasteiger partial charge in [-0.15, -0.1) is 5.10 Å². The molecule has 0 spiro atoms. The number of nitrogens with zero attached hydrogens (tertiary/aromatic N) is 4. The molecule has 1 aliphatic rings. The minimum Gasteiger partial charge on any atom is -0.341 e. The van der Waals surface area contributed by atoms with Crippen LogP contribution in [0.25, 0.3) is 0 Å². The van der Waals surface area contributed by atoms with E-state index in [1.54, 1.807) is 6.20 Å². The van der Waals surface area contributed by atoms with Gasteiger partial charge in [-0.2, -0.15) is 5.10 Å². The van der Waals surface area contributed by atoms with E-state index in [0.29, 0.717) is 16.8 Å². The van der Waals surface area contributed by atoms with Crippen LogP contribution in [0.2, 0.25) is 0 Å². The summed E-state index contributed by atoms with van der Waals surface area (Å²) in [7, 11) is 0. The molecular weight excluding hydrogens is 300 g/mol. The molecule has 2 aromatic rings. The molecule has 2 N–H and O–H groups in total. The van der Waals surface area contributed by atoms with Gasteiger partial charge in [0.05, 0.1) is 5.75 Å². The molecule has 1 fully saturated rings. The van der Waals surface area contributed by atoms with Gasteiger partial charge in [0.15, 0.2) is 0 Å². The van der Waals surface area contributed by atoms with Gasteiger partial charge >= 0.3 is 0 Å². The lowest BCUT2D eigenvalue weighted by molar-refractivity contribution is -0.129. The van der Waals surface area contributed by atoms with E-state index in [9.17, 15) is 4.79 Å². The summed E-state index contributed by atoms with van der Waals surface area (Å²) in [5.41, 5.74) is 1.12. The molecule has 8 heteroatoms. The van der Waals surface area contributed by atoms with Crippen molar-refractivity contribution in [2.75, 3.05) is 18.8 Å². The van der Waals surface area contributed by atoms with Gasteiger partial charge in [-0.05, 0) is 18.9 Å². The summed E-state index contributed by atoms with van der Waals surface area (Å²) in [6.45, 7) is 3.61. The van der Waals surface area contributed by atoms with E-state index >= 15 is 0 Å². The average Bonchev–Trinajstić information content (AvgIpc) is 3.24. The Bertz CT molecular complexity index is 611. The second kappa shape index (κ2) is 6.95. The topological polar surface area (TPSA) is 90.6 Å². The van der Waals surface area contributed by atoms with Crippen LogP contribution >= 0.6 is 11.8 Å². The smallest absolute Gasteiger partial charge is 0.233 e. The number of thioether (sulfide) groups is 1. The zero-order chi connectivity index (χ0) is 15.4. The number of aromatic nitrogens is 5. The van der Waals surface area contributed by atoms with Gasteiger partial charge in [0, 0.05) is 37.3 Å². The van der Waals surface area contributed by atoms with Crippen molar-refractivity contribution in [1.82, 2.24) is 30.3 Å². The lowest BCUT2D eigenvalue weighted by Gasteiger charge is -2.32. The van der Waals surface area contributed by atoms with Crippen molar-refractivity contribution in [3.63, 3.8) is 0 Å². The first kappa shape index (κ1) is 15.1. The van der Waals surface area contributed by atoms with E-state index in [1.807, 2.05) is 17.9 Å². The quantitative estimate of drug-likeness (QED) is 0.816. The largest absolute Gasteiger partial charge is 0.341 e. The van der Waals surface area contributed by atoms with E-state index in [4.69, 9.17) is 0 Å². The highest BCUT2D eigenvalue weighted by atomic mass is 32.2. The predicted molar refractivity (Wildman–Crippen MR) is 83.6 cm³/mol. The van der Waals surface area contributed by atoms with E-state index in [-0.39, 0.29) is 5.91 Å². The Kier molecular flexibility index (Phi) is 4.77. The van der Waals surface area contributed by atoms with Crippen molar-refractivity contribution in [3.8, 4) is 0 Å². The summed E-state index contributed by atoms with van der Waals surface area (Å²) in [6, 6.07) is 1.99. The van der Waals surface area contributed by atoms with Gasteiger partial charge < -0.3 is 4.90 Å². The van der Waals surface area contributed by atoms with Crippen molar-refractivity contribution in [2.24, 2.45) is 0 Å². The second-order valence-electron chi connectivity index (χ2n) is 5.40. The molecule has 1 amide bonds. The zero-order valence-corrected chi connectivity index (χ0v) is 13.4. The Morgan fingerprint density at radius 1 is 1.50 bits per heavy atom. The predicted octanol–water partition coefficient (Wildman–Crippen LogP) is 1.59. The summed E-state index contributed by atoms with van der Waals surface area (Å²) in [4.78, 5) is 18.6. The number of hydrogen-bond acceptors (Lipinski definition) is 5. The number of H-pyrrole nitrogens is 2. The first-order valence-electron chi connectivity index (χ1n) is 7.57. The van der Waals surface area contributed by atoms with Crippen LogP contribution in [0.4, 0.5) is 0 Å². The number of amides is 1. The highest BCUT2D eigenvalue weighted by molar-refractivity contribution is 7.99. The Morgan fingerprint density at radius 3 is 3.14 bits per heavy atom. The molecule has 0 bridgehead atoms. The Balaban J connectivity index is 1.53. The van der Waals surface area contributed by atoms with Crippen molar-refractivity contribution < 1.29 is 4.79 Å². The van der Waals surface area contributed by atoms with Gasteiger partial charge in [0.2, 0.25) is 11.1 Å². The molecule has 2 aromatic heterocycles. The highest BCUT2D eigenvalue weighted by Gasteiger charge is 2.25. The summed E-state index contributed by atoms with van der Waals surface area (Å²) < 4.78 is 0. The van der Waals surface area contributed by atoms with Gasteiger partial charge in [-0.25, -0.2) is 4.98 Å². The van der Waals surface area contributed by atoms with E-state index in [0.717, 1.165) is 43.9 Å². The van der Waals surface area contributed by atoms with Crippen molar-refractivity contribution in [2.45, 2.75) is 37.3 Å². The second-order valence-corrected chi connectivity index (χ2v) is 6.34. The molecule has 22 heavy (non-hydrogen) atoms. The number of carbonyl (C=O) groups is 1. The average molecular weight is 320 g/mol. The van der Waals surface area contributed by atoms with Crippen LogP contribution in [0.3, 0.4) is 0 Å². The SMILES string of the molecule is CCc1nc(SCC(=O)N2CCC[C@H](c3ccn[nH]3)C2)n[nH]1. The van der Waals surface area contributed by atoms with Crippen LogP contribution in [0.15, 0.2) is 17.4 Å². The molecule has 0 aromatic carbocycles. The lowest BCUT2D eigenvalue weighted by atomic mass is 9.95. The molecule has 0 radical (unpaired) electrons. The number of rotatable bonds is 5.